The number of hydrogen-bond donors (Lipinski definition) is 1. The van der Waals surface area contributed by atoms with Crippen LogP contribution in [0.3, 0.4) is 0 Å². The third-order valence-electron chi connectivity index (χ3n) is 1.70. The number of esters is 1. The highest BCUT2D eigenvalue weighted by molar-refractivity contribution is 7.15. The summed E-state index contributed by atoms with van der Waals surface area (Å²) in [5, 5.41) is 0.550. The first kappa shape index (κ1) is 15.2. The predicted octanol–water partition coefficient (Wildman–Crippen LogP) is 1.14. The van der Waals surface area contributed by atoms with Crippen molar-refractivity contribution >= 4 is 34.8 Å². The Morgan fingerprint density at radius 1 is 1.69 bits per heavy atom. The topological polar surface area (TPSA) is 68.5 Å². The molecule has 16 heavy (non-hydrogen) atoms. The summed E-state index contributed by atoms with van der Waals surface area (Å²) < 4.78 is 4.84. The van der Waals surface area contributed by atoms with Crippen LogP contribution >= 0.6 is 23.7 Å². The summed E-state index contributed by atoms with van der Waals surface area (Å²) in [5.41, 5.74) is 5.50. The Hall–Kier alpha value is -0.850. The summed E-state index contributed by atoms with van der Waals surface area (Å²) in [6, 6.07) is 0. The van der Waals surface area contributed by atoms with E-state index in [1.807, 2.05) is 11.9 Å². The standard InChI is InChI=1S/C9H15N3O2S.ClH/c1-3-14-8(13)6-12(2)5-7-4-11-9(10)15-7;/h4H,3,5-6H2,1-2H3,(H2,10,11);1H. The van der Waals surface area contributed by atoms with E-state index in [2.05, 4.69) is 4.98 Å². The number of rotatable bonds is 5. The third-order valence-corrected chi connectivity index (χ3v) is 2.51. The Labute approximate surface area is 105 Å². The summed E-state index contributed by atoms with van der Waals surface area (Å²) in [7, 11) is 1.85. The number of ether oxygens (including phenoxy) is 1. The fourth-order valence-electron chi connectivity index (χ4n) is 1.14. The van der Waals surface area contributed by atoms with Gasteiger partial charge in [-0.25, -0.2) is 4.98 Å². The number of nitrogens with zero attached hydrogens (tertiary/aromatic N) is 2. The molecule has 92 valence electrons. The number of halogens is 1. The molecule has 0 fully saturated rings. The van der Waals surface area contributed by atoms with Crippen molar-refractivity contribution in [3.63, 3.8) is 0 Å². The number of carbonyl (C=O) groups is 1. The molecule has 1 aromatic heterocycles. The molecule has 5 nitrogen and oxygen atoms in total. The maximum Gasteiger partial charge on any atom is 0.320 e. The number of thiazole rings is 1. The molecule has 0 aliphatic heterocycles. The zero-order valence-electron chi connectivity index (χ0n) is 9.30. The Morgan fingerprint density at radius 3 is 2.88 bits per heavy atom. The van der Waals surface area contributed by atoms with Gasteiger partial charge in [-0.05, 0) is 14.0 Å². The monoisotopic (exact) mass is 265 g/mol. The van der Waals surface area contributed by atoms with Crippen LogP contribution in [0.5, 0.6) is 0 Å². The van der Waals surface area contributed by atoms with E-state index in [4.69, 9.17) is 10.5 Å². The SMILES string of the molecule is CCOC(=O)CN(C)Cc1cnc(N)s1.Cl. The highest BCUT2D eigenvalue weighted by atomic mass is 35.5. The van der Waals surface area contributed by atoms with E-state index in [1.54, 1.807) is 13.1 Å². The lowest BCUT2D eigenvalue weighted by atomic mass is 10.4. The van der Waals surface area contributed by atoms with Crippen LogP contribution < -0.4 is 5.73 Å². The van der Waals surface area contributed by atoms with Crippen LogP contribution in [0.25, 0.3) is 0 Å². The zero-order valence-corrected chi connectivity index (χ0v) is 10.9. The molecule has 0 saturated carbocycles. The van der Waals surface area contributed by atoms with E-state index in [-0.39, 0.29) is 24.9 Å². The van der Waals surface area contributed by atoms with Crippen molar-refractivity contribution in [1.29, 1.82) is 0 Å². The molecular weight excluding hydrogens is 250 g/mol. The van der Waals surface area contributed by atoms with E-state index < -0.39 is 0 Å². The molecule has 0 aliphatic rings. The van der Waals surface area contributed by atoms with Crippen LogP contribution in [0.1, 0.15) is 11.8 Å². The second kappa shape index (κ2) is 7.43. The molecule has 0 bridgehead atoms. The second-order valence-corrected chi connectivity index (χ2v) is 4.29. The van der Waals surface area contributed by atoms with Gasteiger partial charge in [-0.2, -0.15) is 0 Å². The van der Waals surface area contributed by atoms with Crippen LogP contribution in [0.15, 0.2) is 6.20 Å². The first-order valence-electron chi connectivity index (χ1n) is 4.66. The van der Waals surface area contributed by atoms with Crippen molar-refractivity contribution in [2.45, 2.75) is 13.5 Å². The summed E-state index contributed by atoms with van der Waals surface area (Å²) in [6.07, 6.45) is 1.72. The van der Waals surface area contributed by atoms with Crippen molar-refractivity contribution in [2.75, 3.05) is 25.9 Å². The minimum absolute atomic E-state index is 0. The van der Waals surface area contributed by atoms with Gasteiger partial charge in [0, 0.05) is 17.6 Å². The van der Waals surface area contributed by atoms with Crippen molar-refractivity contribution in [2.24, 2.45) is 0 Å². The number of nitrogen functional groups attached to an aromatic ring is 1. The quantitative estimate of drug-likeness (QED) is 0.809. The lowest BCUT2D eigenvalue weighted by molar-refractivity contribution is -0.144. The molecule has 2 N–H and O–H groups in total. The number of anilines is 1. The summed E-state index contributed by atoms with van der Waals surface area (Å²) >= 11 is 1.43. The van der Waals surface area contributed by atoms with Crippen molar-refractivity contribution in [1.82, 2.24) is 9.88 Å². The Bertz CT molecular complexity index is 332. The van der Waals surface area contributed by atoms with Gasteiger partial charge in [0.25, 0.3) is 0 Å². The number of hydrogen-bond acceptors (Lipinski definition) is 6. The normalized spacial score (nSPS) is 9.94. The van der Waals surface area contributed by atoms with E-state index in [9.17, 15) is 4.79 Å². The van der Waals surface area contributed by atoms with Gasteiger partial charge in [0.2, 0.25) is 0 Å². The molecule has 0 saturated heterocycles. The fraction of sp³-hybridized carbons (Fsp3) is 0.556. The molecule has 0 radical (unpaired) electrons. The number of nitrogens with two attached hydrogens (primary N) is 1. The molecule has 0 atom stereocenters. The van der Waals surface area contributed by atoms with Crippen LogP contribution in [0.4, 0.5) is 5.13 Å². The lowest BCUT2D eigenvalue weighted by Gasteiger charge is -2.13. The average Bonchev–Trinajstić information content (AvgIpc) is 2.51. The van der Waals surface area contributed by atoms with E-state index in [0.29, 0.717) is 18.3 Å². The molecule has 0 spiro atoms. The molecular formula is C9H16ClN3O2S. The number of aromatic nitrogens is 1. The van der Waals surface area contributed by atoms with Gasteiger partial charge in [0.15, 0.2) is 5.13 Å². The van der Waals surface area contributed by atoms with Crippen LogP contribution in [-0.2, 0) is 16.1 Å². The highest BCUT2D eigenvalue weighted by Gasteiger charge is 2.08. The second-order valence-electron chi connectivity index (χ2n) is 3.14. The minimum atomic E-state index is -0.211. The van der Waals surface area contributed by atoms with Crippen molar-refractivity contribution < 1.29 is 9.53 Å². The lowest BCUT2D eigenvalue weighted by Crippen LogP contribution is -2.26. The third kappa shape index (κ3) is 5.29. The molecule has 0 aliphatic carbocycles. The molecule has 1 rings (SSSR count). The van der Waals surface area contributed by atoms with Gasteiger partial charge in [-0.1, -0.05) is 0 Å². The maximum absolute atomic E-state index is 11.1. The first-order valence-corrected chi connectivity index (χ1v) is 5.47. The van der Waals surface area contributed by atoms with E-state index in [0.717, 1.165) is 4.88 Å². The Balaban J connectivity index is 0.00000225. The van der Waals surface area contributed by atoms with E-state index in [1.165, 1.54) is 11.3 Å². The van der Waals surface area contributed by atoms with Gasteiger partial charge in [-0.15, -0.1) is 23.7 Å². The van der Waals surface area contributed by atoms with Gasteiger partial charge < -0.3 is 10.5 Å². The first-order chi connectivity index (χ1) is 7.11. The van der Waals surface area contributed by atoms with Crippen molar-refractivity contribution in [3.05, 3.63) is 11.1 Å². The number of carbonyl (C=O) groups excluding carboxylic acids is 1. The smallest absolute Gasteiger partial charge is 0.320 e. The Kier molecular flexibility index (Phi) is 7.03. The zero-order chi connectivity index (χ0) is 11.3. The van der Waals surface area contributed by atoms with Gasteiger partial charge in [0.1, 0.15) is 0 Å². The molecule has 0 amide bonds. The largest absolute Gasteiger partial charge is 0.465 e. The molecule has 0 aromatic carbocycles. The Morgan fingerprint density at radius 2 is 2.38 bits per heavy atom. The predicted molar refractivity (Wildman–Crippen MR) is 66.7 cm³/mol. The maximum atomic E-state index is 11.1. The highest BCUT2D eigenvalue weighted by Crippen LogP contribution is 2.15. The van der Waals surface area contributed by atoms with Crippen LogP contribution in [-0.4, -0.2) is 36.1 Å². The summed E-state index contributed by atoms with van der Waals surface area (Å²) in [4.78, 5) is 18.0. The average molecular weight is 266 g/mol. The summed E-state index contributed by atoms with van der Waals surface area (Å²) in [5.74, 6) is -0.211. The van der Waals surface area contributed by atoms with Gasteiger partial charge >= 0.3 is 5.97 Å². The van der Waals surface area contributed by atoms with E-state index >= 15 is 0 Å². The summed E-state index contributed by atoms with van der Waals surface area (Å²) in [6.45, 7) is 3.15. The van der Waals surface area contributed by atoms with Gasteiger partial charge in [-0.3, -0.25) is 9.69 Å². The molecule has 7 heteroatoms. The van der Waals surface area contributed by atoms with Crippen molar-refractivity contribution in [3.8, 4) is 0 Å². The van der Waals surface area contributed by atoms with Crippen LogP contribution in [0, 0.1) is 0 Å². The number of likely N-dealkylation sites (N-methyl/N-ethyl adjacent to an activating group) is 1. The minimum Gasteiger partial charge on any atom is -0.465 e. The van der Waals surface area contributed by atoms with Crippen LogP contribution in [0.2, 0.25) is 0 Å². The fourth-order valence-corrected chi connectivity index (χ4v) is 1.91. The molecule has 1 heterocycles. The molecule has 0 unspecified atom stereocenters. The molecule has 1 aromatic rings. The van der Waals surface area contributed by atoms with Gasteiger partial charge in [0.05, 0.1) is 13.2 Å².